The van der Waals surface area contributed by atoms with Crippen LogP contribution in [0.25, 0.3) is 0 Å². The molecule has 0 unspecified atom stereocenters. The zero-order valence-corrected chi connectivity index (χ0v) is 7.98. The fourth-order valence-corrected chi connectivity index (χ4v) is 0.963. The maximum absolute atomic E-state index is 12.5. The highest BCUT2D eigenvalue weighted by Gasteiger charge is 2.09. The summed E-state index contributed by atoms with van der Waals surface area (Å²) < 4.78 is 12.5. The first-order valence-corrected chi connectivity index (χ1v) is 4.19. The van der Waals surface area contributed by atoms with E-state index < -0.39 is 23.5 Å². The number of carboxylic acid groups (broad SMARTS) is 2. The molecule has 1 aromatic carbocycles. The van der Waals surface area contributed by atoms with Gasteiger partial charge in [0.1, 0.15) is 11.5 Å². The summed E-state index contributed by atoms with van der Waals surface area (Å²) in [5, 5.41) is 19.4. The fourth-order valence-electron chi connectivity index (χ4n) is 0.963. The van der Waals surface area contributed by atoms with Gasteiger partial charge in [-0.1, -0.05) is 0 Å². The molecular weight excluding hydrogens is 217 g/mol. The molecule has 1 aromatic rings. The summed E-state index contributed by atoms with van der Waals surface area (Å²) in [4.78, 5) is 21.0. The molecule has 0 saturated carbocycles. The summed E-state index contributed by atoms with van der Waals surface area (Å²) in [5.74, 6) is -3.26. The molecule has 6 heteroatoms. The molecule has 0 bridgehead atoms. The highest BCUT2D eigenvalue weighted by atomic mass is 19.1. The van der Waals surface area contributed by atoms with E-state index in [1.54, 1.807) is 0 Å². The van der Waals surface area contributed by atoms with Gasteiger partial charge in [-0.2, -0.15) is 0 Å². The maximum Gasteiger partial charge on any atom is 0.352 e. The number of hydrogen-bond donors (Lipinski definition) is 3. The van der Waals surface area contributed by atoms with Crippen molar-refractivity contribution in [2.45, 2.75) is 0 Å². The highest BCUT2D eigenvalue weighted by molar-refractivity contribution is 5.97. The summed E-state index contributed by atoms with van der Waals surface area (Å²) in [5.41, 5.74) is -0.213. The number of hydrogen-bond acceptors (Lipinski definition) is 3. The van der Waals surface area contributed by atoms with Crippen LogP contribution in [0, 0.1) is 5.82 Å². The second kappa shape index (κ2) is 4.92. The van der Waals surface area contributed by atoms with E-state index >= 15 is 0 Å². The summed E-state index contributed by atoms with van der Waals surface area (Å²) in [6.07, 6.45) is 0.520. The molecule has 16 heavy (non-hydrogen) atoms. The van der Waals surface area contributed by atoms with Gasteiger partial charge in [-0.3, -0.25) is 0 Å². The van der Waals surface area contributed by atoms with Crippen molar-refractivity contribution in [2.75, 3.05) is 5.32 Å². The molecule has 0 aliphatic carbocycles. The minimum Gasteiger partial charge on any atom is -0.478 e. The minimum atomic E-state index is -1.41. The Balaban J connectivity index is 2.88. The van der Waals surface area contributed by atoms with Gasteiger partial charge < -0.3 is 15.5 Å². The molecule has 1 rings (SSSR count). The molecule has 84 valence electrons. The molecule has 0 aromatic heterocycles. The van der Waals surface area contributed by atoms with E-state index in [0.29, 0.717) is 6.08 Å². The van der Waals surface area contributed by atoms with Gasteiger partial charge in [0.25, 0.3) is 0 Å². The Kier molecular flexibility index (Phi) is 3.60. The first-order valence-electron chi connectivity index (χ1n) is 4.19. The van der Waals surface area contributed by atoms with Crippen LogP contribution in [0.5, 0.6) is 0 Å². The van der Waals surface area contributed by atoms with Crippen molar-refractivity contribution >= 4 is 17.6 Å². The van der Waals surface area contributed by atoms with E-state index in [9.17, 15) is 14.0 Å². The van der Waals surface area contributed by atoms with Crippen molar-refractivity contribution in [1.82, 2.24) is 0 Å². The van der Waals surface area contributed by atoms with Crippen molar-refractivity contribution in [3.63, 3.8) is 0 Å². The van der Waals surface area contributed by atoms with Gasteiger partial charge >= 0.3 is 11.9 Å². The van der Waals surface area contributed by atoms with E-state index in [-0.39, 0.29) is 5.69 Å². The molecule has 0 saturated heterocycles. The summed E-state index contributed by atoms with van der Waals surface area (Å²) in [6, 6.07) is 4.85. The van der Waals surface area contributed by atoms with Gasteiger partial charge in [0.15, 0.2) is 0 Å². The van der Waals surface area contributed by atoms with Crippen LogP contribution in [0.1, 0.15) is 0 Å². The standard InChI is InChI=1S/C10H8FNO4/c11-6-1-3-7(4-2-6)12-8(10(15)16)5-9(13)14/h1-5,12H,(H,13,14)(H,15,16). The Labute approximate surface area is 89.8 Å². The lowest BCUT2D eigenvalue weighted by molar-refractivity contribution is -0.134. The zero-order valence-electron chi connectivity index (χ0n) is 7.98. The van der Waals surface area contributed by atoms with Crippen LogP contribution in [0.3, 0.4) is 0 Å². The number of carbonyl (C=O) groups is 2. The van der Waals surface area contributed by atoms with Crippen molar-refractivity contribution in [1.29, 1.82) is 0 Å². The summed E-state index contributed by atoms with van der Waals surface area (Å²) in [7, 11) is 0. The quantitative estimate of drug-likeness (QED) is 0.672. The lowest BCUT2D eigenvalue weighted by atomic mass is 10.3. The van der Waals surface area contributed by atoms with Gasteiger partial charge in [0.2, 0.25) is 0 Å². The Hall–Kier alpha value is -2.37. The van der Waals surface area contributed by atoms with Crippen LogP contribution < -0.4 is 5.32 Å². The van der Waals surface area contributed by atoms with E-state index in [2.05, 4.69) is 5.32 Å². The Bertz CT molecular complexity index is 439. The van der Waals surface area contributed by atoms with E-state index in [1.807, 2.05) is 0 Å². The topological polar surface area (TPSA) is 86.6 Å². The van der Waals surface area contributed by atoms with Crippen molar-refractivity contribution in [2.24, 2.45) is 0 Å². The smallest absolute Gasteiger partial charge is 0.352 e. The number of carboxylic acids is 2. The highest BCUT2D eigenvalue weighted by Crippen LogP contribution is 2.11. The maximum atomic E-state index is 12.5. The van der Waals surface area contributed by atoms with Crippen molar-refractivity contribution in [3.05, 3.63) is 41.9 Å². The first-order chi connectivity index (χ1) is 7.49. The average molecular weight is 225 g/mol. The molecule has 0 aliphatic rings. The molecule has 3 N–H and O–H groups in total. The van der Waals surface area contributed by atoms with Crippen LogP contribution in [0.15, 0.2) is 36.0 Å². The third-order valence-corrected chi connectivity index (χ3v) is 1.62. The van der Waals surface area contributed by atoms with Gasteiger partial charge in [-0.15, -0.1) is 0 Å². The molecule has 0 fully saturated rings. The monoisotopic (exact) mass is 225 g/mol. The average Bonchev–Trinajstić information content (AvgIpc) is 2.19. The SMILES string of the molecule is O=C(O)C=C(Nc1ccc(F)cc1)C(=O)O. The number of nitrogens with one attached hydrogen (secondary N) is 1. The molecule has 0 aliphatic heterocycles. The third-order valence-electron chi connectivity index (χ3n) is 1.62. The predicted octanol–water partition coefficient (Wildman–Crippen LogP) is 1.29. The van der Waals surface area contributed by atoms with Gasteiger partial charge in [0, 0.05) is 5.69 Å². The van der Waals surface area contributed by atoms with Crippen molar-refractivity contribution < 1.29 is 24.2 Å². The summed E-state index contributed by atoms with van der Waals surface area (Å²) in [6.45, 7) is 0. The van der Waals surface area contributed by atoms with Crippen LogP contribution in [-0.2, 0) is 9.59 Å². The van der Waals surface area contributed by atoms with Crippen LogP contribution >= 0.6 is 0 Å². The number of rotatable bonds is 4. The summed E-state index contributed by atoms with van der Waals surface area (Å²) >= 11 is 0. The lowest BCUT2D eigenvalue weighted by Gasteiger charge is -2.05. The number of aliphatic carboxylic acids is 2. The normalized spacial score (nSPS) is 10.9. The minimum absolute atomic E-state index is 0.288. The van der Waals surface area contributed by atoms with E-state index in [0.717, 1.165) is 12.1 Å². The predicted molar refractivity (Wildman–Crippen MR) is 53.4 cm³/mol. The molecule has 5 nitrogen and oxygen atoms in total. The van der Waals surface area contributed by atoms with E-state index in [1.165, 1.54) is 12.1 Å². The first kappa shape index (κ1) is 11.7. The Morgan fingerprint density at radius 2 is 1.75 bits per heavy atom. The van der Waals surface area contributed by atoms with Crippen LogP contribution in [0.4, 0.5) is 10.1 Å². The molecular formula is C10H8FNO4. The number of halogens is 1. The molecule has 0 amide bonds. The molecule has 0 radical (unpaired) electrons. The molecule has 0 heterocycles. The van der Waals surface area contributed by atoms with Crippen LogP contribution in [-0.4, -0.2) is 22.2 Å². The Morgan fingerprint density at radius 3 is 2.19 bits per heavy atom. The Morgan fingerprint density at radius 1 is 1.19 bits per heavy atom. The lowest BCUT2D eigenvalue weighted by Crippen LogP contribution is -2.12. The van der Waals surface area contributed by atoms with Gasteiger partial charge in [-0.25, -0.2) is 14.0 Å². The molecule has 0 spiro atoms. The molecule has 0 atom stereocenters. The van der Waals surface area contributed by atoms with Gasteiger partial charge in [0.05, 0.1) is 6.08 Å². The second-order valence-corrected chi connectivity index (χ2v) is 2.83. The zero-order chi connectivity index (χ0) is 12.1. The van der Waals surface area contributed by atoms with Crippen LogP contribution in [0.2, 0.25) is 0 Å². The van der Waals surface area contributed by atoms with Crippen molar-refractivity contribution in [3.8, 4) is 0 Å². The number of anilines is 1. The second-order valence-electron chi connectivity index (χ2n) is 2.83. The number of benzene rings is 1. The van der Waals surface area contributed by atoms with E-state index in [4.69, 9.17) is 10.2 Å². The largest absolute Gasteiger partial charge is 0.478 e. The fraction of sp³-hybridized carbons (Fsp3) is 0. The van der Waals surface area contributed by atoms with Gasteiger partial charge in [-0.05, 0) is 24.3 Å². The third kappa shape index (κ3) is 3.41.